The maximum Gasteiger partial charge on any atom is 0.231 e. The molecule has 1 aliphatic heterocycles. The van der Waals surface area contributed by atoms with Crippen LogP contribution in [0, 0.1) is 6.92 Å². The van der Waals surface area contributed by atoms with Crippen molar-refractivity contribution in [3.8, 4) is 11.5 Å². The highest BCUT2D eigenvalue weighted by molar-refractivity contribution is 5.90. The minimum atomic E-state index is -0.101. The predicted octanol–water partition coefficient (Wildman–Crippen LogP) is 2.20. The molecule has 0 spiro atoms. The standard InChI is InChI=1S/C20H25N5O3/c1-3-21-20(24-12-15-5-6-16-17(10-15)28-13-27-16)22-9-8-19(26)25-18-7-4-14(2)11-23-18/h4-7,10-11H,3,8-9,12-13H2,1-2H3,(H2,21,22,24)(H,23,25,26). The first kappa shape index (κ1) is 19.5. The van der Waals surface area contributed by atoms with Crippen molar-refractivity contribution in [2.75, 3.05) is 25.2 Å². The van der Waals surface area contributed by atoms with Gasteiger partial charge in [0.05, 0.1) is 6.54 Å². The summed E-state index contributed by atoms with van der Waals surface area (Å²) in [5.41, 5.74) is 2.07. The number of ether oxygens (including phenoxy) is 2. The number of aryl methyl sites for hydroxylation is 1. The topological polar surface area (TPSA) is 96.9 Å². The van der Waals surface area contributed by atoms with Gasteiger partial charge in [-0.15, -0.1) is 0 Å². The van der Waals surface area contributed by atoms with Crippen molar-refractivity contribution in [2.45, 2.75) is 26.8 Å². The zero-order valence-electron chi connectivity index (χ0n) is 16.1. The molecule has 0 bridgehead atoms. The molecule has 1 aliphatic rings. The predicted molar refractivity (Wildman–Crippen MR) is 108 cm³/mol. The molecule has 0 atom stereocenters. The van der Waals surface area contributed by atoms with Gasteiger partial charge in [-0.25, -0.2) is 9.98 Å². The normalized spacial score (nSPS) is 12.6. The number of fused-ring (bicyclic) bond motifs is 1. The molecule has 0 fully saturated rings. The molecular weight excluding hydrogens is 358 g/mol. The Bertz CT molecular complexity index is 836. The van der Waals surface area contributed by atoms with Crippen molar-refractivity contribution in [1.82, 2.24) is 15.6 Å². The van der Waals surface area contributed by atoms with Gasteiger partial charge in [0, 0.05) is 25.7 Å². The van der Waals surface area contributed by atoms with Crippen LogP contribution in [0.1, 0.15) is 24.5 Å². The second-order valence-corrected chi connectivity index (χ2v) is 6.33. The molecule has 28 heavy (non-hydrogen) atoms. The summed E-state index contributed by atoms with van der Waals surface area (Å²) in [7, 11) is 0. The summed E-state index contributed by atoms with van der Waals surface area (Å²) in [5, 5.41) is 9.13. The van der Waals surface area contributed by atoms with Crippen molar-refractivity contribution in [3.63, 3.8) is 0 Å². The minimum Gasteiger partial charge on any atom is -0.454 e. The van der Waals surface area contributed by atoms with Crippen LogP contribution in [-0.4, -0.2) is 36.7 Å². The molecule has 3 rings (SSSR count). The molecule has 2 heterocycles. The molecule has 3 N–H and O–H groups in total. The molecule has 0 saturated carbocycles. The molecule has 2 aromatic rings. The Morgan fingerprint density at radius 1 is 1.18 bits per heavy atom. The number of nitrogens with one attached hydrogen (secondary N) is 3. The second kappa shape index (κ2) is 9.59. The summed E-state index contributed by atoms with van der Waals surface area (Å²) in [6.07, 6.45) is 2.03. The van der Waals surface area contributed by atoms with Crippen LogP contribution in [0.4, 0.5) is 5.82 Å². The SMILES string of the molecule is CCNC(=NCc1ccc2c(c1)OCO2)NCCC(=O)Nc1ccc(C)cn1. The molecule has 0 radical (unpaired) electrons. The van der Waals surface area contributed by atoms with Gasteiger partial charge >= 0.3 is 0 Å². The molecule has 148 valence electrons. The summed E-state index contributed by atoms with van der Waals surface area (Å²) in [6, 6.07) is 9.47. The monoisotopic (exact) mass is 383 g/mol. The van der Waals surface area contributed by atoms with E-state index in [-0.39, 0.29) is 12.7 Å². The second-order valence-electron chi connectivity index (χ2n) is 6.33. The van der Waals surface area contributed by atoms with E-state index in [4.69, 9.17) is 9.47 Å². The largest absolute Gasteiger partial charge is 0.454 e. The van der Waals surface area contributed by atoms with Crippen molar-refractivity contribution >= 4 is 17.7 Å². The maximum absolute atomic E-state index is 12.0. The van der Waals surface area contributed by atoms with Crippen LogP contribution in [0.3, 0.4) is 0 Å². The number of hydrogen-bond donors (Lipinski definition) is 3. The molecule has 0 saturated heterocycles. The quantitative estimate of drug-likeness (QED) is 0.501. The molecule has 0 unspecified atom stereocenters. The fourth-order valence-electron chi connectivity index (χ4n) is 2.59. The van der Waals surface area contributed by atoms with Crippen LogP contribution >= 0.6 is 0 Å². The number of aliphatic imine (C=N–C) groups is 1. The number of carbonyl (C=O) groups is 1. The summed E-state index contributed by atoms with van der Waals surface area (Å²) in [6.45, 7) is 5.89. The highest BCUT2D eigenvalue weighted by Gasteiger charge is 2.13. The van der Waals surface area contributed by atoms with Crippen molar-refractivity contribution in [3.05, 3.63) is 47.7 Å². The molecular formula is C20H25N5O3. The molecule has 1 aromatic heterocycles. The number of rotatable bonds is 7. The Morgan fingerprint density at radius 3 is 2.82 bits per heavy atom. The summed E-state index contributed by atoms with van der Waals surface area (Å²) < 4.78 is 10.7. The van der Waals surface area contributed by atoms with Gasteiger partial charge in [-0.2, -0.15) is 0 Å². The van der Waals surface area contributed by atoms with Gasteiger partial charge in [0.25, 0.3) is 0 Å². The fraction of sp³-hybridized carbons (Fsp3) is 0.350. The van der Waals surface area contributed by atoms with Crippen molar-refractivity contribution in [1.29, 1.82) is 0 Å². The molecule has 1 aromatic carbocycles. The van der Waals surface area contributed by atoms with E-state index >= 15 is 0 Å². The van der Waals surface area contributed by atoms with Gasteiger partial charge in [-0.1, -0.05) is 12.1 Å². The van der Waals surface area contributed by atoms with E-state index < -0.39 is 0 Å². The first-order valence-corrected chi connectivity index (χ1v) is 9.27. The molecule has 0 aliphatic carbocycles. The van der Waals surface area contributed by atoms with Gasteiger partial charge in [-0.3, -0.25) is 4.79 Å². The van der Waals surface area contributed by atoms with Gasteiger partial charge in [-0.05, 0) is 43.2 Å². The number of aromatic nitrogens is 1. The lowest BCUT2D eigenvalue weighted by molar-refractivity contribution is -0.116. The number of hydrogen-bond acceptors (Lipinski definition) is 5. The van der Waals surface area contributed by atoms with Crippen LogP contribution in [-0.2, 0) is 11.3 Å². The number of nitrogens with zero attached hydrogens (tertiary/aromatic N) is 2. The third kappa shape index (κ3) is 5.60. The molecule has 8 nitrogen and oxygen atoms in total. The van der Waals surface area contributed by atoms with E-state index in [1.54, 1.807) is 12.3 Å². The van der Waals surface area contributed by atoms with Crippen LogP contribution < -0.4 is 25.4 Å². The highest BCUT2D eigenvalue weighted by atomic mass is 16.7. The van der Waals surface area contributed by atoms with Gasteiger partial charge in [0.2, 0.25) is 12.7 Å². The Kier molecular flexibility index (Phi) is 6.67. The van der Waals surface area contributed by atoms with Crippen LogP contribution in [0.5, 0.6) is 11.5 Å². The maximum atomic E-state index is 12.0. The third-order valence-electron chi connectivity index (χ3n) is 4.02. The zero-order valence-corrected chi connectivity index (χ0v) is 16.1. The zero-order chi connectivity index (χ0) is 19.8. The average molecular weight is 383 g/mol. The molecule has 1 amide bonds. The summed E-state index contributed by atoms with van der Waals surface area (Å²) in [4.78, 5) is 20.8. The number of carbonyl (C=O) groups excluding carboxylic acids is 1. The number of anilines is 1. The lowest BCUT2D eigenvalue weighted by Crippen LogP contribution is -2.38. The van der Waals surface area contributed by atoms with Gasteiger partial charge in [0.15, 0.2) is 17.5 Å². The Labute approximate surface area is 164 Å². The third-order valence-corrected chi connectivity index (χ3v) is 4.02. The van der Waals surface area contributed by atoms with Crippen LogP contribution in [0.2, 0.25) is 0 Å². The van der Waals surface area contributed by atoms with E-state index in [0.717, 1.165) is 29.2 Å². The fourth-order valence-corrected chi connectivity index (χ4v) is 2.59. The minimum absolute atomic E-state index is 0.101. The van der Waals surface area contributed by atoms with E-state index in [0.29, 0.717) is 31.3 Å². The van der Waals surface area contributed by atoms with Gasteiger partial charge < -0.3 is 25.4 Å². The average Bonchev–Trinajstić information content (AvgIpc) is 3.16. The van der Waals surface area contributed by atoms with Crippen LogP contribution in [0.25, 0.3) is 0 Å². The Hall–Kier alpha value is -3.29. The summed E-state index contributed by atoms with van der Waals surface area (Å²) >= 11 is 0. The van der Waals surface area contributed by atoms with E-state index in [1.807, 2.05) is 38.1 Å². The summed E-state index contributed by atoms with van der Waals surface area (Å²) in [5.74, 6) is 2.61. The van der Waals surface area contributed by atoms with Crippen LogP contribution in [0.15, 0.2) is 41.5 Å². The smallest absolute Gasteiger partial charge is 0.231 e. The number of pyridine rings is 1. The first-order valence-electron chi connectivity index (χ1n) is 9.27. The van der Waals surface area contributed by atoms with E-state index in [9.17, 15) is 4.79 Å². The Balaban J connectivity index is 1.47. The first-order chi connectivity index (χ1) is 13.6. The van der Waals surface area contributed by atoms with Crippen molar-refractivity contribution in [2.24, 2.45) is 4.99 Å². The number of amides is 1. The van der Waals surface area contributed by atoms with Gasteiger partial charge in [0.1, 0.15) is 5.82 Å². The number of benzene rings is 1. The van der Waals surface area contributed by atoms with E-state index in [2.05, 4.69) is 25.9 Å². The van der Waals surface area contributed by atoms with E-state index in [1.165, 1.54) is 0 Å². The highest BCUT2D eigenvalue weighted by Crippen LogP contribution is 2.32. The lowest BCUT2D eigenvalue weighted by atomic mass is 10.2. The van der Waals surface area contributed by atoms with Crippen molar-refractivity contribution < 1.29 is 14.3 Å². The lowest BCUT2D eigenvalue weighted by Gasteiger charge is -2.11. The molecule has 8 heteroatoms. The number of guanidine groups is 1. The Morgan fingerprint density at radius 2 is 2.04 bits per heavy atom.